The van der Waals surface area contributed by atoms with E-state index in [0.29, 0.717) is 10.9 Å². The van der Waals surface area contributed by atoms with Crippen molar-refractivity contribution in [3.63, 3.8) is 0 Å². The molecule has 0 aliphatic carbocycles. The predicted molar refractivity (Wildman–Crippen MR) is 64.7 cm³/mol. The summed E-state index contributed by atoms with van der Waals surface area (Å²) in [5.41, 5.74) is 0.388. The summed E-state index contributed by atoms with van der Waals surface area (Å²) in [6, 6.07) is 5.62. The minimum atomic E-state index is -0.604. The summed E-state index contributed by atoms with van der Waals surface area (Å²) in [6.45, 7) is 0. The minimum absolute atomic E-state index is 0.0464. The molecule has 0 atom stereocenters. The second-order valence-electron chi connectivity index (χ2n) is 3.45. The molecule has 0 unspecified atom stereocenters. The number of benzene rings is 1. The van der Waals surface area contributed by atoms with Crippen molar-refractivity contribution < 1.29 is 14.5 Å². The summed E-state index contributed by atoms with van der Waals surface area (Å²) in [5.74, 6) is -0.604. The maximum atomic E-state index is 11.4. The zero-order valence-electron chi connectivity index (χ0n) is 9.21. The summed E-state index contributed by atoms with van der Waals surface area (Å²) in [4.78, 5) is 25.4. The highest BCUT2D eigenvalue weighted by Crippen LogP contribution is 2.24. The lowest BCUT2D eigenvalue weighted by Crippen LogP contribution is -2.03. The van der Waals surface area contributed by atoms with Gasteiger partial charge in [-0.15, -0.1) is 0 Å². The normalized spacial score (nSPS) is 10.3. The van der Waals surface area contributed by atoms with Crippen molar-refractivity contribution >= 4 is 34.2 Å². The summed E-state index contributed by atoms with van der Waals surface area (Å²) in [5, 5.41) is 11.1. The van der Waals surface area contributed by atoms with E-state index in [0.717, 1.165) is 0 Å². The van der Waals surface area contributed by atoms with Gasteiger partial charge in [-0.2, -0.15) is 0 Å². The van der Waals surface area contributed by atoms with Crippen LogP contribution < -0.4 is 0 Å². The fraction of sp³-hybridized carbons (Fsp3) is 0.0909. The zero-order chi connectivity index (χ0) is 13.3. The standard InChI is InChI=1S/C11H7ClN2O4/c1-18-11(15)8-4-6-2-3-7(14(16)17)5-9(6)13-10(8)12/h2-5H,1H3. The Kier molecular flexibility index (Phi) is 3.12. The largest absolute Gasteiger partial charge is 0.465 e. The lowest BCUT2D eigenvalue weighted by atomic mass is 10.1. The molecule has 0 radical (unpaired) electrons. The molecule has 0 bridgehead atoms. The Morgan fingerprint density at radius 3 is 2.78 bits per heavy atom. The number of esters is 1. The van der Waals surface area contributed by atoms with Crippen LogP contribution in [0.25, 0.3) is 10.9 Å². The molecule has 1 heterocycles. The van der Waals surface area contributed by atoms with Gasteiger partial charge in [0.2, 0.25) is 0 Å². The van der Waals surface area contributed by atoms with Gasteiger partial charge in [0.1, 0.15) is 5.15 Å². The van der Waals surface area contributed by atoms with E-state index in [1.165, 1.54) is 31.4 Å². The quantitative estimate of drug-likeness (QED) is 0.361. The zero-order valence-corrected chi connectivity index (χ0v) is 9.97. The number of hydrogen-bond donors (Lipinski definition) is 0. The van der Waals surface area contributed by atoms with Crippen LogP contribution in [0.15, 0.2) is 24.3 Å². The number of hydrogen-bond acceptors (Lipinski definition) is 5. The molecule has 0 amide bonds. The van der Waals surface area contributed by atoms with Crippen molar-refractivity contribution in [2.75, 3.05) is 7.11 Å². The SMILES string of the molecule is COC(=O)c1cc2ccc([N+](=O)[O-])cc2nc1Cl. The van der Waals surface area contributed by atoms with Crippen molar-refractivity contribution in [1.29, 1.82) is 0 Å². The van der Waals surface area contributed by atoms with E-state index in [1.807, 2.05) is 0 Å². The summed E-state index contributed by atoms with van der Waals surface area (Å²) < 4.78 is 4.56. The lowest BCUT2D eigenvalue weighted by molar-refractivity contribution is -0.384. The number of nitrogens with zero attached hydrogens (tertiary/aromatic N) is 2. The number of fused-ring (bicyclic) bond motifs is 1. The topological polar surface area (TPSA) is 82.3 Å². The van der Waals surface area contributed by atoms with E-state index in [4.69, 9.17) is 11.6 Å². The molecule has 0 N–H and O–H groups in total. The molecule has 0 aliphatic heterocycles. The smallest absolute Gasteiger partial charge is 0.341 e. The van der Waals surface area contributed by atoms with E-state index in [9.17, 15) is 14.9 Å². The van der Waals surface area contributed by atoms with Gasteiger partial charge in [0.25, 0.3) is 5.69 Å². The number of carbonyl (C=O) groups excluding carboxylic acids is 1. The Hall–Kier alpha value is -2.21. The van der Waals surface area contributed by atoms with Crippen LogP contribution in [0.4, 0.5) is 5.69 Å². The number of rotatable bonds is 2. The predicted octanol–water partition coefficient (Wildman–Crippen LogP) is 2.58. The third-order valence-electron chi connectivity index (χ3n) is 2.37. The number of non-ortho nitro benzene ring substituents is 1. The van der Waals surface area contributed by atoms with Crippen LogP contribution in [0.2, 0.25) is 5.15 Å². The number of methoxy groups -OCH3 is 1. The Morgan fingerprint density at radius 1 is 1.44 bits per heavy atom. The van der Waals surface area contributed by atoms with Crippen LogP contribution >= 0.6 is 11.6 Å². The molecule has 7 heteroatoms. The summed E-state index contributed by atoms with van der Waals surface area (Å²) in [6.07, 6.45) is 0. The molecule has 1 aromatic heterocycles. The van der Waals surface area contributed by atoms with E-state index in [2.05, 4.69) is 9.72 Å². The first-order valence-electron chi connectivity index (χ1n) is 4.86. The average Bonchev–Trinajstić information content (AvgIpc) is 2.36. The summed E-state index contributed by atoms with van der Waals surface area (Å²) in [7, 11) is 1.23. The molecular weight excluding hydrogens is 260 g/mol. The molecule has 0 spiro atoms. The van der Waals surface area contributed by atoms with E-state index >= 15 is 0 Å². The Bertz CT molecular complexity index is 657. The Labute approximate surface area is 106 Å². The fourth-order valence-electron chi connectivity index (χ4n) is 1.50. The number of carbonyl (C=O) groups is 1. The van der Waals surface area contributed by atoms with Gasteiger partial charge < -0.3 is 4.74 Å². The van der Waals surface area contributed by atoms with Crippen molar-refractivity contribution in [3.8, 4) is 0 Å². The second kappa shape index (κ2) is 4.58. The first kappa shape index (κ1) is 12.3. The Balaban J connectivity index is 2.64. The molecule has 0 saturated carbocycles. The van der Waals surface area contributed by atoms with Crippen LogP contribution in [0, 0.1) is 10.1 Å². The van der Waals surface area contributed by atoms with Crippen LogP contribution in [-0.4, -0.2) is 23.0 Å². The first-order valence-corrected chi connectivity index (χ1v) is 5.23. The highest BCUT2D eigenvalue weighted by atomic mass is 35.5. The molecular formula is C11H7ClN2O4. The minimum Gasteiger partial charge on any atom is -0.465 e. The summed E-state index contributed by atoms with van der Waals surface area (Å²) >= 11 is 5.83. The third-order valence-corrected chi connectivity index (χ3v) is 2.66. The number of ether oxygens (including phenoxy) is 1. The molecule has 2 aromatic rings. The van der Waals surface area contributed by atoms with Crippen molar-refractivity contribution in [2.45, 2.75) is 0 Å². The van der Waals surface area contributed by atoms with Gasteiger partial charge in [-0.25, -0.2) is 9.78 Å². The van der Waals surface area contributed by atoms with Gasteiger partial charge in [0.05, 0.1) is 23.1 Å². The number of aromatic nitrogens is 1. The maximum Gasteiger partial charge on any atom is 0.341 e. The molecule has 0 aliphatic rings. The van der Waals surface area contributed by atoms with Crippen molar-refractivity contribution in [1.82, 2.24) is 4.98 Å². The highest BCUT2D eigenvalue weighted by Gasteiger charge is 2.15. The van der Waals surface area contributed by atoms with Gasteiger partial charge >= 0.3 is 5.97 Å². The molecule has 1 aromatic carbocycles. The number of pyridine rings is 1. The Morgan fingerprint density at radius 2 is 2.17 bits per heavy atom. The molecule has 0 saturated heterocycles. The molecule has 92 valence electrons. The fourth-order valence-corrected chi connectivity index (χ4v) is 1.72. The highest BCUT2D eigenvalue weighted by molar-refractivity contribution is 6.33. The van der Waals surface area contributed by atoms with Crippen LogP contribution in [-0.2, 0) is 4.74 Å². The average molecular weight is 267 g/mol. The van der Waals surface area contributed by atoms with Gasteiger partial charge in [-0.05, 0) is 12.1 Å². The maximum absolute atomic E-state index is 11.4. The van der Waals surface area contributed by atoms with E-state index in [1.54, 1.807) is 0 Å². The van der Waals surface area contributed by atoms with Gasteiger partial charge in [0.15, 0.2) is 0 Å². The number of halogens is 1. The van der Waals surface area contributed by atoms with Crippen LogP contribution in [0.1, 0.15) is 10.4 Å². The van der Waals surface area contributed by atoms with Crippen molar-refractivity contribution in [2.24, 2.45) is 0 Å². The molecule has 0 fully saturated rings. The number of nitro groups is 1. The third kappa shape index (κ3) is 2.10. The van der Waals surface area contributed by atoms with Gasteiger partial charge in [0, 0.05) is 17.5 Å². The van der Waals surface area contributed by atoms with Crippen LogP contribution in [0.5, 0.6) is 0 Å². The van der Waals surface area contributed by atoms with E-state index in [-0.39, 0.29) is 16.4 Å². The van der Waals surface area contributed by atoms with E-state index < -0.39 is 10.9 Å². The first-order chi connectivity index (χ1) is 8.52. The number of nitro benzene ring substituents is 1. The van der Waals surface area contributed by atoms with Crippen LogP contribution in [0.3, 0.4) is 0 Å². The molecule has 18 heavy (non-hydrogen) atoms. The second-order valence-corrected chi connectivity index (χ2v) is 3.81. The van der Waals surface area contributed by atoms with Gasteiger partial charge in [-0.1, -0.05) is 11.6 Å². The van der Waals surface area contributed by atoms with Gasteiger partial charge in [-0.3, -0.25) is 10.1 Å². The monoisotopic (exact) mass is 266 g/mol. The van der Waals surface area contributed by atoms with Crippen molar-refractivity contribution in [3.05, 3.63) is 45.1 Å². The molecule has 2 rings (SSSR count). The molecule has 6 nitrogen and oxygen atoms in total. The lowest BCUT2D eigenvalue weighted by Gasteiger charge is -2.04.